The van der Waals surface area contributed by atoms with E-state index in [1.807, 2.05) is 103 Å². The molecule has 0 bridgehead atoms. The number of carbonyl (C=O) groups excluding carboxylic acids is 2. The van der Waals surface area contributed by atoms with Gasteiger partial charge in [0.2, 0.25) is 0 Å². The van der Waals surface area contributed by atoms with E-state index >= 15 is 0 Å². The zero-order valence-corrected chi connectivity index (χ0v) is 31.6. The van der Waals surface area contributed by atoms with Gasteiger partial charge >= 0.3 is 0 Å². The highest BCUT2D eigenvalue weighted by Crippen LogP contribution is 2.43. The number of hydrogen-bond donors (Lipinski definition) is 0. The van der Waals surface area contributed by atoms with Gasteiger partial charge in [-0.2, -0.15) is 0 Å². The minimum Gasteiger partial charge on any atom is -0.268 e. The lowest BCUT2D eigenvalue weighted by Gasteiger charge is -2.26. The van der Waals surface area contributed by atoms with Crippen molar-refractivity contribution in [3.05, 3.63) is 172 Å². The van der Waals surface area contributed by atoms with Gasteiger partial charge in [-0.05, 0) is 60.8 Å². The second kappa shape index (κ2) is 17.2. The van der Waals surface area contributed by atoms with Crippen LogP contribution in [0.3, 0.4) is 0 Å². The van der Waals surface area contributed by atoms with Gasteiger partial charge < -0.3 is 0 Å². The zero-order chi connectivity index (χ0) is 35.6. The average Bonchev–Trinajstić information content (AvgIpc) is 3.39. The van der Waals surface area contributed by atoms with E-state index in [4.69, 9.17) is 0 Å². The Hall–Kier alpha value is -4.81. The first-order valence-electron chi connectivity index (χ1n) is 17.2. The highest BCUT2D eigenvalue weighted by molar-refractivity contribution is 14.1. The van der Waals surface area contributed by atoms with Gasteiger partial charge in [-0.15, -0.1) is 0 Å². The van der Waals surface area contributed by atoms with Crippen LogP contribution in [0.1, 0.15) is 91.0 Å². The topological polar surface area (TPSA) is 37.4 Å². The summed E-state index contributed by atoms with van der Waals surface area (Å²) in [5.41, 5.74) is 9.22. The summed E-state index contributed by atoms with van der Waals surface area (Å²) in [5.74, 6) is -0.326. The summed E-state index contributed by atoms with van der Waals surface area (Å²) in [6, 6.07) is 42.2. The van der Waals surface area contributed by atoms with Crippen LogP contribution >= 0.6 is 22.6 Å². The average molecular weight is 770 g/mol. The molecule has 0 N–H and O–H groups in total. The van der Waals surface area contributed by atoms with E-state index in [9.17, 15) is 9.59 Å². The molecule has 0 saturated carbocycles. The summed E-state index contributed by atoms with van der Waals surface area (Å²) < 4.78 is 1.22. The van der Waals surface area contributed by atoms with E-state index in [2.05, 4.69) is 106 Å². The van der Waals surface area contributed by atoms with Crippen LogP contribution in [0, 0.1) is 0 Å². The van der Waals surface area contributed by atoms with E-state index < -0.39 is 0 Å². The number of alkyl halides is 1. The van der Waals surface area contributed by atoms with Crippen molar-refractivity contribution in [3.8, 4) is 0 Å². The van der Waals surface area contributed by atoms with Crippen LogP contribution in [-0.2, 0) is 9.59 Å². The molecular formula is C46H44INO2. The number of para-hydroxylation sites is 1. The molecule has 0 fully saturated rings. The summed E-state index contributed by atoms with van der Waals surface area (Å²) in [5, 5.41) is 0. The van der Waals surface area contributed by atoms with Gasteiger partial charge in [-0.25, -0.2) is 4.90 Å². The molecule has 0 unspecified atom stereocenters. The predicted octanol–water partition coefficient (Wildman–Crippen LogP) is 12.2. The maximum atomic E-state index is 14.6. The zero-order valence-electron chi connectivity index (χ0n) is 29.4. The van der Waals surface area contributed by atoms with Crippen LogP contribution in [0.4, 0.5) is 5.69 Å². The molecule has 1 heterocycles. The lowest BCUT2D eigenvalue weighted by Crippen LogP contribution is -2.33. The molecule has 2 amide bonds. The van der Waals surface area contributed by atoms with Crippen LogP contribution in [0.5, 0.6) is 0 Å². The number of nitrogens with zero attached hydrogens (tertiary/aromatic N) is 1. The van der Waals surface area contributed by atoms with E-state index in [0.29, 0.717) is 16.8 Å². The van der Waals surface area contributed by atoms with Crippen molar-refractivity contribution in [2.45, 2.75) is 46.5 Å². The quantitative estimate of drug-likeness (QED) is 0.0648. The fourth-order valence-corrected chi connectivity index (χ4v) is 6.07. The normalized spacial score (nSPS) is 13.2. The Morgan fingerprint density at radius 1 is 0.500 bits per heavy atom. The van der Waals surface area contributed by atoms with Gasteiger partial charge in [0.1, 0.15) is 0 Å². The number of amides is 2. The van der Waals surface area contributed by atoms with Crippen LogP contribution < -0.4 is 4.90 Å². The smallest absolute Gasteiger partial charge is 0.266 e. The molecule has 0 saturated heterocycles. The molecule has 5 aromatic rings. The molecule has 0 spiro atoms. The number of anilines is 1. The van der Waals surface area contributed by atoms with Gasteiger partial charge in [-0.1, -0.05) is 209 Å². The number of carbonyl (C=O) groups is 2. The Balaban J connectivity index is 0.00000156. The Bertz CT molecular complexity index is 1860. The van der Waals surface area contributed by atoms with Crippen LogP contribution in [0.25, 0.3) is 35.5 Å². The Labute approximate surface area is 311 Å². The van der Waals surface area contributed by atoms with Crippen molar-refractivity contribution in [1.29, 1.82) is 0 Å². The van der Waals surface area contributed by atoms with Gasteiger partial charge in [-0.3, -0.25) is 9.59 Å². The fraction of sp³-hybridized carbons (Fsp3) is 0.174. The summed E-state index contributed by atoms with van der Waals surface area (Å²) in [6.45, 7) is 10.5. The largest absolute Gasteiger partial charge is 0.268 e. The van der Waals surface area contributed by atoms with Crippen molar-refractivity contribution >= 4 is 75.5 Å². The molecule has 5 aromatic carbocycles. The lowest BCUT2D eigenvalue weighted by atomic mass is 9.91. The van der Waals surface area contributed by atoms with Gasteiger partial charge in [0.05, 0.1) is 16.8 Å². The molecular weight excluding hydrogens is 725 g/mol. The summed E-state index contributed by atoms with van der Waals surface area (Å²) >= 11 is 2.29. The Morgan fingerprint density at radius 3 is 1.14 bits per heavy atom. The van der Waals surface area contributed by atoms with Crippen LogP contribution in [0.2, 0.25) is 0 Å². The second-order valence-corrected chi connectivity index (χ2v) is 14.3. The van der Waals surface area contributed by atoms with E-state index in [1.165, 1.54) is 9.33 Å². The molecule has 252 valence electrons. The number of imide groups is 1. The van der Waals surface area contributed by atoms with Gasteiger partial charge in [0.25, 0.3) is 11.8 Å². The first-order valence-corrected chi connectivity index (χ1v) is 18.7. The molecule has 1 aliphatic rings. The standard InChI is InChI=1S/C44H39NO2.C2H5I/c1-30(2)38-16-11-17-39(31(3)4)42(38)45-43(46)40(36-26-22-34(23-27-36)20-18-32-12-7-5-8-13-32)41(44(45)47)37-28-24-35(25-29-37)21-19-33-14-9-6-10-15-33;1-2-3/h5-31H,1-4H3;2H2,1H3/b20-18+,21-19+;. The molecule has 4 heteroatoms. The first kappa shape index (κ1) is 36.5. The second-order valence-electron chi connectivity index (χ2n) is 12.8. The summed E-state index contributed by atoms with van der Waals surface area (Å²) in [4.78, 5) is 30.6. The molecule has 50 heavy (non-hydrogen) atoms. The Morgan fingerprint density at radius 2 is 0.820 bits per heavy atom. The minimum atomic E-state index is -0.291. The van der Waals surface area contributed by atoms with Crippen molar-refractivity contribution < 1.29 is 9.59 Å². The maximum absolute atomic E-state index is 14.6. The molecule has 0 aromatic heterocycles. The molecule has 0 radical (unpaired) electrons. The highest BCUT2D eigenvalue weighted by atomic mass is 127. The number of halogens is 1. The van der Waals surface area contributed by atoms with Crippen molar-refractivity contribution in [2.75, 3.05) is 9.33 Å². The third-order valence-corrected chi connectivity index (χ3v) is 8.58. The van der Waals surface area contributed by atoms with Crippen LogP contribution in [-0.4, -0.2) is 16.2 Å². The first-order chi connectivity index (χ1) is 24.2. The molecule has 0 aliphatic carbocycles. The third kappa shape index (κ3) is 8.48. The fourth-order valence-electron chi connectivity index (χ4n) is 6.07. The third-order valence-electron chi connectivity index (χ3n) is 8.58. The van der Waals surface area contributed by atoms with Crippen LogP contribution in [0.15, 0.2) is 127 Å². The van der Waals surface area contributed by atoms with Crippen molar-refractivity contribution in [1.82, 2.24) is 0 Å². The number of hydrogen-bond acceptors (Lipinski definition) is 2. The van der Waals surface area contributed by atoms with Crippen molar-refractivity contribution in [3.63, 3.8) is 0 Å². The van der Waals surface area contributed by atoms with E-state index in [-0.39, 0.29) is 23.7 Å². The molecule has 3 nitrogen and oxygen atoms in total. The van der Waals surface area contributed by atoms with Gasteiger partial charge in [0.15, 0.2) is 0 Å². The lowest BCUT2D eigenvalue weighted by molar-refractivity contribution is -0.119. The van der Waals surface area contributed by atoms with Gasteiger partial charge in [0, 0.05) is 0 Å². The predicted molar refractivity (Wildman–Crippen MR) is 222 cm³/mol. The van der Waals surface area contributed by atoms with E-state index in [0.717, 1.165) is 44.5 Å². The number of rotatable bonds is 9. The van der Waals surface area contributed by atoms with E-state index in [1.54, 1.807) is 0 Å². The molecule has 1 aliphatic heterocycles. The SMILES string of the molecule is CC(C)c1cccc(C(C)C)c1N1C(=O)C(c2ccc(/C=C/c3ccccc3)cc2)=C(c2ccc(/C=C/c3ccccc3)cc2)C1=O.CCI. The number of benzene rings is 5. The molecule has 6 rings (SSSR count). The van der Waals surface area contributed by atoms with Crippen molar-refractivity contribution in [2.24, 2.45) is 0 Å². The highest BCUT2D eigenvalue weighted by Gasteiger charge is 2.42. The summed E-state index contributed by atoms with van der Waals surface area (Å²) in [6.07, 6.45) is 8.24. The molecule has 0 atom stereocenters. The monoisotopic (exact) mass is 769 g/mol. The Kier molecular flexibility index (Phi) is 12.6. The minimum absolute atomic E-state index is 0.128. The maximum Gasteiger partial charge on any atom is 0.266 e. The summed E-state index contributed by atoms with van der Waals surface area (Å²) in [7, 11) is 0.